The molecule has 4 atom stereocenters. The van der Waals surface area contributed by atoms with Crippen molar-refractivity contribution in [2.45, 2.75) is 44.5 Å². The molecule has 0 aromatic rings. The van der Waals surface area contributed by atoms with E-state index in [1.807, 2.05) is 6.92 Å². The summed E-state index contributed by atoms with van der Waals surface area (Å²) in [6.45, 7) is 4.04. The lowest BCUT2D eigenvalue weighted by Crippen LogP contribution is -2.52. The number of hydrogen-bond acceptors (Lipinski definition) is 4. The molecule has 0 aromatic heterocycles. The number of Topliss-reactive ketones (excluding diaryl/α,β-unsaturated/α-hetero) is 1. The van der Waals surface area contributed by atoms with Gasteiger partial charge in [-0.1, -0.05) is 25.5 Å². The van der Waals surface area contributed by atoms with Gasteiger partial charge in [-0.15, -0.1) is 0 Å². The lowest BCUT2D eigenvalue weighted by molar-refractivity contribution is -0.118. The van der Waals surface area contributed by atoms with E-state index in [0.29, 0.717) is 6.61 Å². The second kappa shape index (κ2) is 4.96. The molecule has 0 spiro atoms. The Balaban J connectivity index is 2.27. The number of epoxide rings is 1. The third-order valence-corrected chi connectivity index (χ3v) is 3.78. The van der Waals surface area contributed by atoms with Crippen LogP contribution in [0.5, 0.6) is 0 Å². The summed E-state index contributed by atoms with van der Waals surface area (Å²) < 4.78 is 5.28. The van der Waals surface area contributed by atoms with E-state index in [4.69, 9.17) is 4.74 Å². The summed E-state index contributed by atoms with van der Waals surface area (Å²) in [6.07, 6.45) is 5.28. The first kappa shape index (κ1) is 13.5. The highest BCUT2D eigenvalue weighted by atomic mass is 16.6. The summed E-state index contributed by atoms with van der Waals surface area (Å²) in [5.74, 6) is -0.381. The Morgan fingerprint density at radius 2 is 2.33 bits per heavy atom. The molecule has 2 rings (SSSR count). The largest absolute Gasteiger partial charge is 0.385 e. The molecular formula is C14H20O4. The van der Waals surface area contributed by atoms with E-state index < -0.39 is 11.7 Å². The number of aliphatic hydroxyl groups excluding tert-OH is 1. The number of ketones is 1. The quantitative estimate of drug-likeness (QED) is 0.716. The van der Waals surface area contributed by atoms with Gasteiger partial charge in [0.05, 0.1) is 12.7 Å². The van der Waals surface area contributed by atoms with Crippen molar-refractivity contribution in [3.8, 4) is 0 Å². The molecule has 4 unspecified atom stereocenters. The van der Waals surface area contributed by atoms with Gasteiger partial charge in [-0.2, -0.15) is 0 Å². The van der Waals surface area contributed by atoms with Crippen molar-refractivity contribution < 1.29 is 19.7 Å². The Bertz CT molecular complexity index is 395. The Kier molecular flexibility index (Phi) is 3.71. The van der Waals surface area contributed by atoms with Crippen molar-refractivity contribution in [1.29, 1.82) is 0 Å². The van der Waals surface area contributed by atoms with Crippen LogP contribution in [-0.4, -0.2) is 40.4 Å². The molecule has 2 N–H and O–H groups in total. The maximum atomic E-state index is 11.5. The molecule has 0 amide bonds. The van der Waals surface area contributed by atoms with Crippen LogP contribution in [-0.2, 0) is 9.53 Å². The van der Waals surface area contributed by atoms with E-state index in [9.17, 15) is 15.0 Å². The summed E-state index contributed by atoms with van der Waals surface area (Å²) in [4.78, 5) is 11.5. The molecular weight excluding hydrogens is 232 g/mol. The number of hydrogen-bond donors (Lipinski definition) is 2. The molecule has 0 saturated carbocycles. The minimum absolute atomic E-state index is 0.0134. The third kappa shape index (κ3) is 2.28. The van der Waals surface area contributed by atoms with E-state index in [-0.39, 0.29) is 23.4 Å². The molecule has 0 radical (unpaired) electrons. The van der Waals surface area contributed by atoms with Crippen molar-refractivity contribution in [2.75, 3.05) is 6.61 Å². The maximum Gasteiger partial charge on any atom is 0.158 e. The molecule has 1 heterocycles. The average molecular weight is 252 g/mol. The number of aliphatic hydroxyl groups is 2. The SMILES string of the molecule is CCCC(C1CO1)C1(O)C=CC=C(C(C)=O)C1O. The van der Waals surface area contributed by atoms with Crippen LogP contribution in [0.25, 0.3) is 0 Å². The number of allylic oxidation sites excluding steroid dienone is 2. The minimum atomic E-state index is -1.40. The molecule has 4 nitrogen and oxygen atoms in total. The minimum Gasteiger partial charge on any atom is -0.385 e. The van der Waals surface area contributed by atoms with E-state index >= 15 is 0 Å². The highest BCUT2D eigenvalue weighted by Gasteiger charge is 2.51. The molecule has 0 aromatic carbocycles. The Labute approximate surface area is 107 Å². The van der Waals surface area contributed by atoms with Gasteiger partial charge in [0, 0.05) is 11.5 Å². The number of rotatable bonds is 5. The van der Waals surface area contributed by atoms with Crippen LogP contribution in [0.4, 0.5) is 0 Å². The molecule has 100 valence electrons. The smallest absolute Gasteiger partial charge is 0.158 e. The van der Waals surface area contributed by atoms with Gasteiger partial charge in [-0.25, -0.2) is 0 Å². The molecule has 1 saturated heterocycles. The van der Waals surface area contributed by atoms with Crippen molar-refractivity contribution >= 4 is 5.78 Å². The normalized spacial score (nSPS) is 36.1. The van der Waals surface area contributed by atoms with E-state index in [1.54, 1.807) is 18.2 Å². The number of ether oxygens (including phenoxy) is 1. The van der Waals surface area contributed by atoms with Crippen LogP contribution in [0, 0.1) is 5.92 Å². The van der Waals surface area contributed by atoms with Gasteiger partial charge >= 0.3 is 0 Å². The van der Waals surface area contributed by atoms with E-state index in [2.05, 4.69) is 0 Å². The summed E-state index contributed by atoms with van der Waals surface area (Å²) in [6, 6.07) is 0. The van der Waals surface area contributed by atoms with Gasteiger partial charge in [-0.05, 0) is 19.4 Å². The highest BCUT2D eigenvalue weighted by Crippen LogP contribution is 2.40. The zero-order valence-corrected chi connectivity index (χ0v) is 10.8. The van der Waals surface area contributed by atoms with Gasteiger partial charge in [0.15, 0.2) is 5.78 Å². The fourth-order valence-electron chi connectivity index (χ4n) is 2.69. The van der Waals surface area contributed by atoms with Gasteiger partial charge < -0.3 is 14.9 Å². The van der Waals surface area contributed by atoms with Crippen molar-refractivity contribution in [1.82, 2.24) is 0 Å². The lowest BCUT2D eigenvalue weighted by atomic mass is 9.73. The van der Waals surface area contributed by atoms with Crippen LogP contribution < -0.4 is 0 Å². The zero-order chi connectivity index (χ0) is 13.3. The first-order valence-corrected chi connectivity index (χ1v) is 6.43. The van der Waals surface area contributed by atoms with Gasteiger partial charge in [0.2, 0.25) is 0 Å². The molecule has 1 aliphatic carbocycles. The molecule has 0 bridgehead atoms. The summed E-state index contributed by atoms with van der Waals surface area (Å²) in [7, 11) is 0. The summed E-state index contributed by atoms with van der Waals surface area (Å²) in [5, 5.41) is 21.0. The molecule has 2 aliphatic rings. The monoisotopic (exact) mass is 252 g/mol. The second-order valence-corrected chi connectivity index (χ2v) is 5.09. The average Bonchev–Trinajstić information content (AvgIpc) is 3.13. The second-order valence-electron chi connectivity index (χ2n) is 5.09. The predicted molar refractivity (Wildman–Crippen MR) is 67.0 cm³/mol. The zero-order valence-electron chi connectivity index (χ0n) is 10.8. The summed E-state index contributed by atoms with van der Waals surface area (Å²) in [5.41, 5.74) is -1.13. The van der Waals surface area contributed by atoms with E-state index in [0.717, 1.165) is 12.8 Å². The summed E-state index contributed by atoms with van der Waals surface area (Å²) >= 11 is 0. The van der Waals surface area contributed by atoms with Crippen LogP contribution in [0.15, 0.2) is 23.8 Å². The first-order valence-electron chi connectivity index (χ1n) is 6.43. The first-order chi connectivity index (χ1) is 8.50. The van der Waals surface area contributed by atoms with Crippen LogP contribution in [0.2, 0.25) is 0 Å². The van der Waals surface area contributed by atoms with Crippen molar-refractivity contribution in [3.63, 3.8) is 0 Å². The van der Waals surface area contributed by atoms with E-state index in [1.165, 1.54) is 6.92 Å². The third-order valence-electron chi connectivity index (χ3n) is 3.78. The molecule has 4 heteroatoms. The van der Waals surface area contributed by atoms with Gasteiger partial charge in [0.1, 0.15) is 11.7 Å². The Hall–Kier alpha value is -0.970. The topological polar surface area (TPSA) is 70.1 Å². The van der Waals surface area contributed by atoms with Crippen molar-refractivity contribution in [3.05, 3.63) is 23.8 Å². The fourth-order valence-corrected chi connectivity index (χ4v) is 2.69. The Morgan fingerprint density at radius 1 is 1.67 bits per heavy atom. The van der Waals surface area contributed by atoms with Crippen LogP contribution >= 0.6 is 0 Å². The van der Waals surface area contributed by atoms with Crippen LogP contribution in [0.1, 0.15) is 26.7 Å². The molecule has 1 fully saturated rings. The highest BCUT2D eigenvalue weighted by molar-refractivity contribution is 5.95. The lowest BCUT2D eigenvalue weighted by Gasteiger charge is -2.39. The van der Waals surface area contributed by atoms with Gasteiger partial charge in [0.25, 0.3) is 0 Å². The maximum absolute atomic E-state index is 11.5. The van der Waals surface area contributed by atoms with Gasteiger partial charge in [-0.3, -0.25) is 4.79 Å². The predicted octanol–water partition coefficient (Wildman–Crippen LogP) is 0.979. The fraction of sp³-hybridized carbons (Fsp3) is 0.643. The number of carbonyl (C=O) groups is 1. The van der Waals surface area contributed by atoms with Crippen LogP contribution in [0.3, 0.4) is 0 Å². The molecule has 1 aliphatic heterocycles. The molecule has 18 heavy (non-hydrogen) atoms. The van der Waals surface area contributed by atoms with Crippen molar-refractivity contribution in [2.24, 2.45) is 5.92 Å². The number of carbonyl (C=O) groups excluding carboxylic acids is 1. The Morgan fingerprint density at radius 3 is 2.83 bits per heavy atom. The standard InChI is InChI=1S/C14H20O4/c1-3-5-11(12-8-18-12)14(17)7-4-6-10(9(2)15)13(14)16/h4,6-7,11-13,16-17H,3,5,8H2,1-2H3.